The molecule has 1 saturated carbocycles. The van der Waals surface area contributed by atoms with Crippen LogP contribution >= 0.6 is 0 Å². The van der Waals surface area contributed by atoms with E-state index >= 15 is 0 Å². The summed E-state index contributed by atoms with van der Waals surface area (Å²) in [5.41, 5.74) is 6.80. The Labute approximate surface area is 109 Å². The molecule has 4 nitrogen and oxygen atoms in total. The Bertz CT molecular complexity index is 381. The van der Waals surface area contributed by atoms with E-state index in [1.807, 2.05) is 0 Å². The number of aromatic nitrogens is 2. The molecule has 0 radical (unpaired) electrons. The molecule has 3 N–H and O–H groups in total. The lowest BCUT2D eigenvalue weighted by Crippen LogP contribution is -2.42. The van der Waals surface area contributed by atoms with E-state index in [0.717, 1.165) is 25.7 Å². The zero-order chi connectivity index (χ0) is 13.2. The van der Waals surface area contributed by atoms with Gasteiger partial charge in [0, 0.05) is 18.2 Å². The van der Waals surface area contributed by atoms with Gasteiger partial charge in [-0.25, -0.2) is 9.97 Å². The van der Waals surface area contributed by atoms with Crippen LogP contribution in [0.4, 0.5) is 0 Å². The maximum absolute atomic E-state index is 10.6. The highest BCUT2D eigenvalue weighted by atomic mass is 16.3. The van der Waals surface area contributed by atoms with Gasteiger partial charge in [0.2, 0.25) is 0 Å². The van der Waals surface area contributed by atoms with Crippen LogP contribution in [0.3, 0.4) is 0 Å². The molecule has 0 amide bonds. The lowest BCUT2D eigenvalue weighted by atomic mass is 9.62. The predicted molar refractivity (Wildman–Crippen MR) is 70.7 cm³/mol. The van der Waals surface area contributed by atoms with Gasteiger partial charge in [-0.2, -0.15) is 0 Å². The van der Waals surface area contributed by atoms with E-state index in [4.69, 9.17) is 5.73 Å². The molecular weight excluding hydrogens is 226 g/mol. The summed E-state index contributed by atoms with van der Waals surface area (Å²) in [4.78, 5) is 8.06. The number of aliphatic hydroxyl groups is 1. The molecule has 100 valence electrons. The molecule has 4 heteroatoms. The topological polar surface area (TPSA) is 72.0 Å². The third-order valence-corrected chi connectivity index (χ3v) is 4.47. The Morgan fingerprint density at radius 2 is 2.00 bits per heavy atom. The quantitative estimate of drug-likeness (QED) is 0.860. The number of nitrogens with zero attached hydrogens (tertiary/aromatic N) is 2. The van der Waals surface area contributed by atoms with Gasteiger partial charge in [-0.1, -0.05) is 13.8 Å². The molecule has 2 rings (SSSR count). The summed E-state index contributed by atoms with van der Waals surface area (Å²) >= 11 is 0. The largest absolute Gasteiger partial charge is 0.386 e. The number of aliphatic hydroxyl groups excluding tert-OH is 1. The second-order valence-corrected chi connectivity index (χ2v) is 6.27. The third kappa shape index (κ3) is 2.54. The molecule has 1 unspecified atom stereocenters. The van der Waals surface area contributed by atoms with E-state index < -0.39 is 6.10 Å². The van der Waals surface area contributed by atoms with Crippen molar-refractivity contribution in [3.8, 4) is 0 Å². The van der Waals surface area contributed by atoms with Crippen LogP contribution < -0.4 is 5.73 Å². The first-order chi connectivity index (χ1) is 8.49. The molecule has 0 spiro atoms. The fraction of sp³-hybridized carbons (Fsp3) is 0.714. The van der Waals surface area contributed by atoms with Crippen LogP contribution in [-0.2, 0) is 0 Å². The SMILES string of the molecule is CC1(C)CCC(CN)(C(O)c2ccncn2)CC1. The van der Waals surface area contributed by atoms with Crippen LogP contribution in [0.25, 0.3) is 0 Å². The molecular formula is C14H23N3O. The van der Waals surface area contributed by atoms with Gasteiger partial charge in [-0.15, -0.1) is 0 Å². The normalized spacial score (nSPS) is 23.6. The smallest absolute Gasteiger partial charge is 0.115 e. The standard InChI is InChI=1S/C14H23N3O/c1-13(2)4-6-14(9-15,7-5-13)12(18)11-3-8-16-10-17-11/h3,8,10,12,18H,4-7,9,15H2,1-2H3. The first-order valence-corrected chi connectivity index (χ1v) is 6.63. The first kappa shape index (κ1) is 13.4. The molecule has 18 heavy (non-hydrogen) atoms. The number of hydrogen-bond acceptors (Lipinski definition) is 4. The van der Waals surface area contributed by atoms with Crippen molar-refractivity contribution in [3.63, 3.8) is 0 Å². The van der Waals surface area contributed by atoms with Crippen molar-refractivity contribution in [3.05, 3.63) is 24.3 Å². The van der Waals surface area contributed by atoms with Gasteiger partial charge in [0.05, 0.1) is 5.69 Å². The average Bonchev–Trinajstić information content (AvgIpc) is 2.40. The van der Waals surface area contributed by atoms with Crippen LogP contribution in [0.15, 0.2) is 18.6 Å². The second kappa shape index (κ2) is 4.94. The number of rotatable bonds is 3. The highest BCUT2D eigenvalue weighted by molar-refractivity contribution is 5.09. The van der Waals surface area contributed by atoms with Gasteiger partial charge >= 0.3 is 0 Å². The molecule has 0 saturated heterocycles. The minimum Gasteiger partial charge on any atom is -0.386 e. The summed E-state index contributed by atoms with van der Waals surface area (Å²) in [6.45, 7) is 5.07. The second-order valence-electron chi connectivity index (χ2n) is 6.27. The van der Waals surface area contributed by atoms with E-state index in [9.17, 15) is 5.11 Å². The van der Waals surface area contributed by atoms with E-state index in [1.165, 1.54) is 6.33 Å². The molecule has 0 aromatic carbocycles. The lowest BCUT2D eigenvalue weighted by Gasteiger charge is -2.45. The molecule has 0 aliphatic heterocycles. The summed E-state index contributed by atoms with van der Waals surface area (Å²) in [6.07, 6.45) is 6.70. The molecule has 1 atom stereocenters. The minimum atomic E-state index is -0.582. The number of nitrogens with two attached hydrogens (primary N) is 1. The predicted octanol–water partition coefficient (Wildman–Crippen LogP) is 2.06. The Morgan fingerprint density at radius 3 is 2.50 bits per heavy atom. The number of hydrogen-bond donors (Lipinski definition) is 2. The lowest BCUT2D eigenvalue weighted by molar-refractivity contribution is -0.0259. The summed E-state index contributed by atoms with van der Waals surface area (Å²) in [5, 5.41) is 10.6. The third-order valence-electron chi connectivity index (χ3n) is 4.47. The van der Waals surface area contributed by atoms with Crippen LogP contribution in [0.5, 0.6) is 0 Å². The van der Waals surface area contributed by atoms with Crippen molar-refractivity contribution in [2.45, 2.75) is 45.6 Å². The fourth-order valence-corrected chi connectivity index (χ4v) is 2.79. The summed E-state index contributed by atoms with van der Waals surface area (Å²) in [6, 6.07) is 1.78. The fourth-order valence-electron chi connectivity index (χ4n) is 2.79. The summed E-state index contributed by atoms with van der Waals surface area (Å²) in [5.74, 6) is 0. The maximum Gasteiger partial charge on any atom is 0.115 e. The van der Waals surface area contributed by atoms with Crippen molar-refractivity contribution >= 4 is 0 Å². The van der Waals surface area contributed by atoms with E-state index in [2.05, 4.69) is 23.8 Å². The van der Waals surface area contributed by atoms with Crippen molar-refractivity contribution in [1.29, 1.82) is 0 Å². The monoisotopic (exact) mass is 249 g/mol. The molecule has 0 bridgehead atoms. The van der Waals surface area contributed by atoms with Gasteiger partial charge in [0.1, 0.15) is 12.4 Å². The summed E-state index contributed by atoms with van der Waals surface area (Å²) in [7, 11) is 0. The van der Waals surface area contributed by atoms with Crippen molar-refractivity contribution < 1.29 is 5.11 Å². The Kier molecular flexibility index (Phi) is 3.69. The van der Waals surface area contributed by atoms with Crippen molar-refractivity contribution in [2.24, 2.45) is 16.6 Å². The van der Waals surface area contributed by atoms with Crippen molar-refractivity contribution in [2.75, 3.05) is 6.54 Å². The molecule has 1 aliphatic carbocycles. The van der Waals surface area contributed by atoms with Crippen LogP contribution in [-0.4, -0.2) is 21.6 Å². The van der Waals surface area contributed by atoms with Crippen LogP contribution in [0.1, 0.15) is 51.3 Å². The first-order valence-electron chi connectivity index (χ1n) is 6.63. The molecule has 1 heterocycles. The summed E-state index contributed by atoms with van der Waals surface area (Å²) < 4.78 is 0. The minimum absolute atomic E-state index is 0.218. The Balaban J connectivity index is 2.19. The van der Waals surface area contributed by atoms with E-state index in [-0.39, 0.29) is 5.41 Å². The van der Waals surface area contributed by atoms with Gasteiger partial charge in [-0.3, -0.25) is 0 Å². The van der Waals surface area contributed by atoms with Gasteiger partial charge < -0.3 is 10.8 Å². The van der Waals surface area contributed by atoms with Gasteiger partial charge in [0.25, 0.3) is 0 Å². The zero-order valence-corrected chi connectivity index (χ0v) is 11.3. The van der Waals surface area contributed by atoms with Crippen LogP contribution in [0.2, 0.25) is 0 Å². The van der Waals surface area contributed by atoms with Crippen molar-refractivity contribution in [1.82, 2.24) is 9.97 Å². The van der Waals surface area contributed by atoms with Gasteiger partial charge in [0.15, 0.2) is 0 Å². The van der Waals surface area contributed by atoms with E-state index in [0.29, 0.717) is 17.7 Å². The highest BCUT2D eigenvalue weighted by Gasteiger charge is 2.43. The van der Waals surface area contributed by atoms with E-state index in [1.54, 1.807) is 12.3 Å². The molecule has 1 aromatic rings. The molecule has 1 aliphatic rings. The van der Waals surface area contributed by atoms with Crippen LogP contribution in [0, 0.1) is 10.8 Å². The Hall–Kier alpha value is -1.00. The highest BCUT2D eigenvalue weighted by Crippen LogP contribution is 2.50. The molecule has 1 fully saturated rings. The van der Waals surface area contributed by atoms with Gasteiger partial charge in [-0.05, 0) is 37.2 Å². The zero-order valence-electron chi connectivity index (χ0n) is 11.3. The average molecular weight is 249 g/mol. The Morgan fingerprint density at radius 1 is 1.33 bits per heavy atom. The maximum atomic E-state index is 10.6. The molecule has 1 aromatic heterocycles.